The van der Waals surface area contributed by atoms with Crippen LogP contribution in [0.25, 0.3) is 6.08 Å². The highest BCUT2D eigenvalue weighted by Gasteiger charge is 2.31. The van der Waals surface area contributed by atoms with E-state index < -0.39 is 5.97 Å². The van der Waals surface area contributed by atoms with E-state index in [0.29, 0.717) is 31.8 Å². The number of phenols is 1. The van der Waals surface area contributed by atoms with E-state index >= 15 is 0 Å². The number of rotatable bonds is 5. The summed E-state index contributed by atoms with van der Waals surface area (Å²) in [7, 11) is 0. The minimum absolute atomic E-state index is 0.0234. The highest BCUT2D eigenvalue weighted by atomic mass is 35.5. The molecule has 0 radical (unpaired) electrons. The molecule has 0 unspecified atom stereocenters. The second kappa shape index (κ2) is 7.33. The Morgan fingerprint density at radius 2 is 2.17 bits per heavy atom. The van der Waals surface area contributed by atoms with Crippen molar-refractivity contribution in [1.29, 1.82) is 0 Å². The number of aliphatic carboxylic acids is 1. The first-order valence-corrected chi connectivity index (χ1v) is 8.36. The zero-order valence-corrected chi connectivity index (χ0v) is 14.6. The summed E-state index contributed by atoms with van der Waals surface area (Å²) >= 11 is 12.3. The molecule has 122 valence electrons. The van der Waals surface area contributed by atoms with Crippen LogP contribution in [0.2, 0.25) is 5.02 Å². The maximum Gasteiger partial charge on any atom is 0.303 e. The number of nitrogens with zero attached hydrogens (tertiary/aromatic N) is 1. The Labute approximate surface area is 147 Å². The number of carbonyl (C=O) groups excluding carboxylic acids is 1. The van der Waals surface area contributed by atoms with Crippen molar-refractivity contribution in [3.63, 3.8) is 0 Å². The summed E-state index contributed by atoms with van der Waals surface area (Å²) in [6.07, 6.45) is 1.85. The van der Waals surface area contributed by atoms with Gasteiger partial charge < -0.3 is 10.2 Å². The maximum absolute atomic E-state index is 12.4. The molecule has 8 heteroatoms. The number of halogens is 1. The number of phenolic OH excluding ortho intramolecular Hbond substituents is 1. The molecule has 1 heterocycles. The normalized spacial score (nSPS) is 16.4. The molecule has 1 amide bonds. The molecule has 1 saturated heterocycles. The number of thioether (sulfide) groups is 1. The molecule has 0 saturated carbocycles. The van der Waals surface area contributed by atoms with Crippen LogP contribution in [0.4, 0.5) is 0 Å². The van der Waals surface area contributed by atoms with Crippen molar-refractivity contribution >= 4 is 57.9 Å². The monoisotopic (exact) mass is 371 g/mol. The number of carboxylic acids is 1. The van der Waals surface area contributed by atoms with Gasteiger partial charge in [-0.3, -0.25) is 14.5 Å². The molecule has 1 aliphatic rings. The lowest BCUT2D eigenvalue weighted by atomic mass is 10.1. The summed E-state index contributed by atoms with van der Waals surface area (Å²) < 4.78 is 0.380. The number of hydrogen-bond acceptors (Lipinski definition) is 5. The van der Waals surface area contributed by atoms with Crippen LogP contribution < -0.4 is 0 Å². The minimum Gasteiger partial charge on any atom is -0.507 e. The highest BCUT2D eigenvalue weighted by molar-refractivity contribution is 8.26. The van der Waals surface area contributed by atoms with Gasteiger partial charge in [0.25, 0.3) is 5.91 Å². The van der Waals surface area contributed by atoms with Crippen LogP contribution in [-0.4, -0.2) is 37.9 Å². The van der Waals surface area contributed by atoms with Gasteiger partial charge in [0.15, 0.2) is 0 Å². The van der Waals surface area contributed by atoms with E-state index in [1.807, 2.05) is 0 Å². The van der Waals surface area contributed by atoms with Gasteiger partial charge in [-0.2, -0.15) is 0 Å². The number of aryl methyl sites for hydroxylation is 1. The van der Waals surface area contributed by atoms with Crippen molar-refractivity contribution in [3.05, 3.63) is 33.2 Å². The predicted molar refractivity (Wildman–Crippen MR) is 94.6 cm³/mol. The topological polar surface area (TPSA) is 77.8 Å². The lowest BCUT2D eigenvalue weighted by Gasteiger charge is -2.13. The predicted octanol–water partition coefficient (Wildman–Crippen LogP) is 3.42. The largest absolute Gasteiger partial charge is 0.507 e. The maximum atomic E-state index is 12.4. The molecule has 0 aromatic heterocycles. The van der Waals surface area contributed by atoms with Gasteiger partial charge in [0.05, 0.1) is 4.91 Å². The van der Waals surface area contributed by atoms with Crippen LogP contribution in [0, 0.1) is 6.92 Å². The Kier molecular flexibility index (Phi) is 5.67. The Hall–Kier alpha value is -1.57. The highest BCUT2D eigenvalue weighted by Crippen LogP contribution is 2.35. The molecule has 0 spiro atoms. The molecule has 1 aliphatic heterocycles. The third-order valence-corrected chi connectivity index (χ3v) is 4.82. The fourth-order valence-electron chi connectivity index (χ4n) is 2.09. The first kappa shape index (κ1) is 17.8. The first-order chi connectivity index (χ1) is 10.8. The van der Waals surface area contributed by atoms with E-state index in [0.717, 1.165) is 11.8 Å². The molecule has 2 N–H and O–H groups in total. The lowest BCUT2D eigenvalue weighted by Crippen LogP contribution is -2.29. The molecule has 0 bridgehead atoms. The van der Waals surface area contributed by atoms with Gasteiger partial charge >= 0.3 is 5.97 Å². The summed E-state index contributed by atoms with van der Waals surface area (Å²) in [6, 6.07) is 3.20. The van der Waals surface area contributed by atoms with Crippen LogP contribution in [0.3, 0.4) is 0 Å². The average Bonchev–Trinajstić information content (AvgIpc) is 2.71. The van der Waals surface area contributed by atoms with Gasteiger partial charge in [0.1, 0.15) is 10.1 Å². The van der Waals surface area contributed by atoms with Crippen molar-refractivity contribution in [2.75, 3.05) is 6.54 Å². The molecule has 1 aromatic rings. The number of benzene rings is 1. The molecule has 0 atom stereocenters. The Bertz CT molecular complexity index is 718. The second-order valence-electron chi connectivity index (χ2n) is 4.99. The van der Waals surface area contributed by atoms with Crippen molar-refractivity contribution in [3.8, 4) is 5.75 Å². The molecular weight excluding hydrogens is 358 g/mol. The molecule has 0 aliphatic carbocycles. The Balaban J connectivity index is 2.20. The SMILES string of the molecule is Cc1cc(Cl)cc(/C=C2\SC(=S)N(CCCC(=O)O)C2=O)c1O. The van der Waals surface area contributed by atoms with E-state index in [2.05, 4.69) is 0 Å². The zero-order valence-electron chi connectivity index (χ0n) is 12.2. The van der Waals surface area contributed by atoms with Crippen molar-refractivity contribution in [2.45, 2.75) is 19.8 Å². The number of hydrogen-bond donors (Lipinski definition) is 2. The standard InChI is InChI=1S/C15H14ClNO4S2/c1-8-5-10(16)6-9(13(8)20)7-11-14(21)17(15(22)23-11)4-2-3-12(18)19/h5-7,20H,2-4H2,1H3,(H,18,19)/b11-7-. The van der Waals surface area contributed by atoms with Crippen LogP contribution in [0.15, 0.2) is 17.0 Å². The Morgan fingerprint density at radius 3 is 2.83 bits per heavy atom. The van der Waals surface area contributed by atoms with Gasteiger partial charge in [-0.05, 0) is 37.1 Å². The van der Waals surface area contributed by atoms with Crippen LogP contribution >= 0.6 is 35.6 Å². The zero-order chi connectivity index (χ0) is 17.1. The van der Waals surface area contributed by atoms with E-state index in [4.69, 9.17) is 28.9 Å². The summed E-state index contributed by atoms with van der Waals surface area (Å²) in [5.41, 5.74) is 1.06. The minimum atomic E-state index is -0.912. The van der Waals surface area contributed by atoms with E-state index in [9.17, 15) is 14.7 Å². The van der Waals surface area contributed by atoms with E-state index in [1.165, 1.54) is 4.90 Å². The van der Waals surface area contributed by atoms with Crippen LogP contribution in [-0.2, 0) is 9.59 Å². The number of thiocarbonyl (C=S) groups is 1. The number of carbonyl (C=O) groups is 2. The van der Waals surface area contributed by atoms with Gasteiger partial charge in [-0.15, -0.1) is 0 Å². The molecule has 1 fully saturated rings. The van der Waals surface area contributed by atoms with Gasteiger partial charge in [-0.1, -0.05) is 35.6 Å². The molecule has 23 heavy (non-hydrogen) atoms. The third-order valence-electron chi connectivity index (χ3n) is 3.23. The second-order valence-corrected chi connectivity index (χ2v) is 7.10. The molecule has 1 aromatic carbocycles. The smallest absolute Gasteiger partial charge is 0.303 e. The van der Waals surface area contributed by atoms with Gasteiger partial charge in [-0.25, -0.2) is 0 Å². The van der Waals surface area contributed by atoms with Crippen molar-refractivity contribution in [2.24, 2.45) is 0 Å². The van der Waals surface area contributed by atoms with Crippen LogP contribution in [0.5, 0.6) is 5.75 Å². The molecule has 5 nitrogen and oxygen atoms in total. The average molecular weight is 372 g/mol. The van der Waals surface area contributed by atoms with Gasteiger partial charge in [0.2, 0.25) is 0 Å². The fourth-order valence-corrected chi connectivity index (χ4v) is 3.67. The molecule has 2 rings (SSSR count). The molecular formula is C15H14ClNO4S2. The lowest BCUT2D eigenvalue weighted by molar-refractivity contribution is -0.137. The summed E-state index contributed by atoms with van der Waals surface area (Å²) in [5, 5.41) is 19.2. The van der Waals surface area contributed by atoms with Crippen molar-refractivity contribution < 1.29 is 19.8 Å². The number of aromatic hydroxyl groups is 1. The van der Waals surface area contributed by atoms with Crippen LogP contribution in [0.1, 0.15) is 24.0 Å². The Morgan fingerprint density at radius 1 is 1.48 bits per heavy atom. The summed E-state index contributed by atoms with van der Waals surface area (Å²) in [5.74, 6) is -1.14. The fraction of sp³-hybridized carbons (Fsp3) is 0.267. The van der Waals surface area contributed by atoms with Crippen molar-refractivity contribution in [1.82, 2.24) is 4.90 Å². The van der Waals surface area contributed by atoms with E-state index in [1.54, 1.807) is 25.1 Å². The summed E-state index contributed by atoms with van der Waals surface area (Å²) in [6.45, 7) is 1.98. The quantitative estimate of drug-likeness (QED) is 0.610. The van der Waals surface area contributed by atoms with Gasteiger partial charge in [0, 0.05) is 23.6 Å². The number of carboxylic acid groups (broad SMARTS) is 1. The summed E-state index contributed by atoms with van der Waals surface area (Å²) in [4.78, 5) is 24.7. The van der Waals surface area contributed by atoms with E-state index in [-0.39, 0.29) is 24.6 Å². The third kappa shape index (κ3) is 4.25. The first-order valence-electron chi connectivity index (χ1n) is 6.76. The number of amides is 1.